The SMILES string of the molecule is CCc1cc2c(OC(C)CNC)ncnc2s1. The van der Waals surface area contributed by atoms with Crippen molar-refractivity contribution >= 4 is 21.6 Å². The smallest absolute Gasteiger partial charge is 0.225 e. The van der Waals surface area contributed by atoms with E-state index in [0.717, 1.165) is 23.2 Å². The number of ether oxygens (including phenoxy) is 1. The van der Waals surface area contributed by atoms with Gasteiger partial charge in [-0.1, -0.05) is 6.92 Å². The molecule has 0 bridgehead atoms. The molecule has 0 spiro atoms. The van der Waals surface area contributed by atoms with Gasteiger partial charge in [0.2, 0.25) is 5.88 Å². The third kappa shape index (κ3) is 2.73. The summed E-state index contributed by atoms with van der Waals surface area (Å²) < 4.78 is 5.82. The second-order valence-corrected chi connectivity index (χ2v) is 5.07. The molecule has 0 aromatic carbocycles. The summed E-state index contributed by atoms with van der Waals surface area (Å²) in [5.41, 5.74) is 0. The number of hydrogen-bond acceptors (Lipinski definition) is 5. The van der Waals surface area contributed by atoms with Gasteiger partial charge in [-0.2, -0.15) is 0 Å². The number of aryl methyl sites for hydroxylation is 1. The maximum atomic E-state index is 5.82. The summed E-state index contributed by atoms with van der Waals surface area (Å²) in [6, 6.07) is 2.13. The molecular formula is C12H17N3OS. The van der Waals surface area contributed by atoms with Crippen molar-refractivity contribution in [1.82, 2.24) is 15.3 Å². The van der Waals surface area contributed by atoms with E-state index >= 15 is 0 Å². The third-order valence-electron chi connectivity index (χ3n) is 2.50. The molecular weight excluding hydrogens is 234 g/mol. The van der Waals surface area contributed by atoms with Crippen LogP contribution in [0.25, 0.3) is 10.2 Å². The van der Waals surface area contributed by atoms with E-state index < -0.39 is 0 Å². The number of rotatable bonds is 5. The number of hydrogen-bond donors (Lipinski definition) is 1. The van der Waals surface area contributed by atoms with Crippen molar-refractivity contribution in [2.45, 2.75) is 26.4 Å². The summed E-state index contributed by atoms with van der Waals surface area (Å²) in [5, 5.41) is 4.11. The number of nitrogens with zero attached hydrogens (tertiary/aromatic N) is 2. The lowest BCUT2D eigenvalue weighted by molar-refractivity contribution is 0.214. The minimum atomic E-state index is 0.100. The predicted octanol–water partition coefficient (Wildman–Crippen LogP) is 2.24. The van der Waals surface area contributed by atoms with Gasteiger partial charge < -0.3 is 10.1 Å². The van der Waals surface area contributed by atoms with Gasteiger partial charge in [0.05, 0.1) is 5.39 Å². The zero-order valence-electron chi connectivity index (χ0n) is 10.4. The van der Waals surface area contributed by atoms with Crippen LogP contribution in [0.4, 0.5) is 0 Å². The molecule has 0 aliphatic rings. The van der Waals surface area contributed by atoms with Crippen LogP contribution in [-0.2, 0) is 6.42 Å². The Kier molecular flexibility index (Phi) is 3.91. The van der Waals surface area contributed by atoms with Crippen molar-refractivity contribution in [2.75, 3.05) is 13.6 Å². The van der Waals surface area contributed by atoms with Crippen LogP contribution in [0.1, 0.15) is 18.7 Å². The van der Waals surface area contributed by atoms with Gasteiger partial charge in [-0.15, -0.1) is 11.3 Å². The third-order valence-corrected chi connectivity index (χ3v) is 3.68. The highest BCUT2D eigenvalue weighted by molar-refractivity contribution is 7.18. The van der Waals surface area contributed by atoms with Crippen LogP contribution < -0.4 is 10.1 Å². The Morgan fingerprint density at radius 1 is 1.47 bits per heavy atom. The number of fused-ring (bicyclic) bond motifs is 1. The molecule has 17 heavy (non-hydrogen) atoms. The van der Waals surface area contributed by atoms with E-state index in [1.807, 2.05) is 14.0 Å². The lowest BCUT2D eigenvalue weighted by atomic mass is 10.3. The predicted molar refractivity (Wildman–Crippen MR) is 70.8 cm³/mol. The largest absolute Gasteiger partial charge is 0.473 e. The molecule has 0 aliphatic heterocycles. The molecule has 4 nitrogen and oxygen atoms in total. The number of thiophene rings is 1. The number of likely N-dealkylation sites (N-methyl/N-ethyl adjacent to an activating group) is 1. The van der Waals surface area contributed by atoms with Gasteiger partial charge in [-0.25, -0.2) is 9.97 Å². The van der Waals surface area contributed by atoms with E-state index in [-0.39, 0.29) is 6.10 Å². The molecule has 0 saturated heterocycles. The molecule has 0 saturated carbocycles. The summed E-state index contributed by atoms with van der Waals surface area (Å²) in [4.78, 5) is 10.8. The van der Waals surface area contributed by atoms with Gasteiger partial charge in [0.15, 0.2) is 0 Å². The van der Waals surface area contributed by atoms with Crippen LogP contribution in [0.3, 0.4) is 0 Å². The fourth-order valence-electron chi connectivity index (χ4n) is 1.67. The molecule has 92 valence electrons. The normalized spacial score (nSPS) is 12.9. The fourth-order valence-corrected chi connectivity index (χ4v) is 2.60. The highest BCUT2D eigenvalue weighted by Gasteiger charge is 2.11. The summed E-state index contributed by atoms with van der Waals surface area (Å²) in [7, 11) is 1.91. The van der Waals surface area contributed by atoms with Crippen molar-refractivity contribution < 1.29 is 4.74 Å². The lowest BCUT2D eigenvalue weighted by Crippen LogP contribution is -2.26. The average Bonchev–Trinajstić information content (AvgIpc) is 2.73. The first-order chi connectivity index (χ1) is 8.24. The maximum Gasteiger partial charge on any atom is 0.225 e. The van der Waals surface area contributed by atoms with Gasteiger partial charge >= 0.3 is 0 Å². The molecule has 2 aromatic rings. The summed E-state index contributed by atoms with van der Waals surface area (Å²) in [6.07, 6.45) is 2.69. The average molecular weight is 251 g/mol. The second kappa shape index (κ2) is 5.42. The highest BCUT2D eigenvalue weighted by atomic mass is 32.1. The first-order valence-electron chi connectivity index (χ1n) is 5.79. The molecule has 2 aromatic heterocycles. The molecule has 2 heterocycles. The van der Waals surface area contributed by atoms with Crippen LogP contribution >= 0.6 is 11.3 Å². The molecule has 1 N–H and O–H groups in total. The first kappa shape index (κ1) is 12.3. The second-order valence-electron chi connectivity index (χ2n) is 3.95. The highest BCUT2D eigenvalue weighted by Crippen LogP contribution is 2.30. The van der Waals surface area contributed by atoms with Gasteiger partial charge in [0.1, 0.15) is 17.3 Å². The van der Waals surface area contributed by atoms with Crippen LogP contribution in [0.5, 0.6) is 5.88 Å². The van der Waals surface area contributed by atoms with Crippen LogP contribution in [-0.4, -0.2) is 29.7 Å². The Bertz CT molecular complexity index is 497. The van der Waals surface area contributed by atoms with E-state index in [4.69, 9.17) is 4.74 Å². The van der Waals surface area contributed by atoms with E-state index in [1.165, 1.54) is 4.88 Å². The lowest BCUT2D eigenvalue weighted by Gasteiger charge is -2.13. The molecule has 0 fully saturated rings. The minimum absolute atomic E-state index is 0.100. The Hall–Kier alpha value is -1.20. The Morgan fingerprint density at radius 2 is 2.29 bits per heavy atom. The van der Waals surface area contributed by atoms with Crippen molar-refractivity contribution in [2.24, 2.45) is 0 Å². The maximum absolute atomic E-state index is 5.82. The zero-order chi connectivity index (χ0) is 12.3. The Balaban J connectivity index is 2.30. The van der Waals surface area contributed by atoms with Crippen molar-refractivity contribution in [1.29, 1.82) is 0 Å². The quantitative estimate of drug-likeness (QED) is 0.885. The van der Waals surface area contributed by atoms with Crippen molar-refractivity contribution in [3.63, 3.8) is 0 Å². The van der Waals surface area contributed by atoms with E-state index in [1.54, 1.807) is 17.7 Å². The summed E-state index contributed by atoms with van der Waals surface area (Å²) in [6.45, 7) is 4.97. The van der Waals surface area contributed by atoms with Crippen LogP contribution in [0.2, 0.25) is 0 Å². The molecule has 0 aliphatic carbocycles. The molecule has 0 amide bonds. The van der Waals surface area contributed by atoms with Gasteiger partial charge in [0, 0.05) is 11.4 Å². The number of nitrogens with one attached hydrogen (secondary N) is 1. The zero-order valence-corrected chi connectivity index (χ0v) is 11.2. The monoisotopic (exact) mass is 251 g/mol. The van der Waals surface area contributed by atoms with Gasteiger partial charge in [-0.3, -0.25) is 0 Å². The van der Waals surface area contributed by atoms with E-state index in [0.29, 0.717) is 5.88 Å². The number of aromatic nitrogens is 2. The molecule has 5 heteroatoms. The van der Waals surface area contributed by atoms with Crippen molar-refractivity contribution in [3.05, 3.63) is 17.3 Å². The topological polar surface area (TPSA) is 47.0 Å². The van der Waals surface area contributed by atoms with E-state index in [9.17, 15) is 0 Å². The first-order valence-corrected chi connectivity index (χ1v) is 6.61. The summed E-state index contributed by atoms with van der Waals surface area (Å²) in [5.74, 6) is 0.689. The van der Waals surface area contributed by atoms with Gasteiger partial charge in [-0.05, 0) is 26.5 Å². The molecule has 1 atom stereocenters. The Morgan fingerprint density at radius 3 is 3.00 bits per heavy atom. The standard InChI is InChI=1S/C12H17N3OS/c1-4-9-5-10-11(16-8(2)6-13-3)14-7-15-12(10)17-9/h5,7-8,13H,4,6H2,1-3H3. The van der Waals surface area contributed by atoms with Crippen LogP contribution in [0.15, 0.2) is 12.4 Å². The summed E-state index contributed by atoms with van der Waals surface area (Å²) >= 11 is 1.71. The Labute approximate surface area is 105 Å². The molecule has 1 unspecified atom stereocenters. The molecule has 2 rings (SSSR count). The van der Waals surface area contributed by atoms with Crippen LogP contribution in [0, 0.1) is 0 Å². The van der Waals surface area contributed by atoms with Crippen molar-refractivity contribution in [3.8, 4) is 5.88 Å². The van der Waals surface area contributed by atoms with Gasteiger partial charge in [0.25, 0.3) is 0 Å². The fraction of sp³-hybridized carbons (Fsp3) is 0.500. The minimum Gasteiger partial charge on any atom is -0.473 e. The van der Waals surface area contributed by atoms with E-state index in [2.05, 4.69) is 28.3 Å². The molecule has 0 radical (unpaired) electrons.